The minimum absolute atomic E-state index is 0.0585. The van der Waals surface area contributed by atoms with Crippen molar-refractivity contribution in [2.75, 3.05) is 18.8 Å². The Morgan fingerprint density at radius 3 is 2.78 bits per heavy atom. The summed E-state index contributed by atoms with van der Waals surface area (Å²) in [6, 6.07) is 5.44. The summed E-state index contributed by atoms with van der Waals surface area (Å²) in [5.41, 5.74) is 7.06. The smallest absolute Gasteiger partial charge is 0.255 e. The van der Waals surface area contributed by atoms with Gasteiger partial charge in [0, 0.05) is 23.2 Å². The summed E-state index contributed by atoms with van der Waals surface area (Å²) in [6.07, 6.45) is 1.10. The van der Waals surface area contributed by atoms with Crippen LogP contribution in [0.15, 0.2) is 22.7 Å². The van der Waals surface area contributed by atoms with Gasteiger partial charge in [0.25, 0.3) is 5.91 Å². The van der Waals surface area contributed by atoms with Crippen LogP contribution in [-0.4, -0.2) is 23.9 Å². The summed E-state index contributed by atoms with van der Waals surface area (Å²) >= 11 is 3.35. The molecular weight excluding hydrogens is 292 g/mol. The Bertz CT molecular complexity index is 459. The van der Waals surface area contributed by atoms with E-state index in [1.165, 1.54) is 0 Å². The average molecular weight is 311 g/mol. The van der Waals surface area contributed by atoms with E-state index in [1.54, 1.807) is 12.1 Å². The van der Waals surface area contributed by atoms with E-state index >= 15 is 0 Å². The molecule has 1 amide bonds. The first-order valence-electron chi connectivity index (χ1n) is 6.33. The molecule has 0 bridgehead atoms. The van der Waals surface area contributed by atoms with Crippen molar-refractivity contribution in [3.63, 3.8) is 0 Å². The van der Waals surface area contributed by atoms with Crippen molar-refractivity contribution in [2.45, 2.75) is 20.3 Å². The Hall–Kier alpha value is -1.03. The molecule has 0 spiro atoms. The molecule has 3 nitrogen and oxygen atoms in total. The van der Waals surface area contributed by atoms with E-state index in [4.69, 9.17) is 5.73 Å². The zero-order valence-corrected chi connectivity index (χ0v) is 12.4. The normalized spacial score (nSPS) is 19.6. The predicted molar refractivity (Wildman–Crippen MR) is 77.4 cm³/mol. The zero-order chi connectivity index (χ0) is 13.3. The SMILES string of the molecule is CC(C)C1CCN(C(=O)c2ccc(Br)cc2N)C1. The average Bonchev–Trinajstić information content (AvgIpc) is 2.77. The van der Waals surface area contributed by atoms with Gasteiger partial charge >= 0.3 is 0 Å². The lowest BCUT2D eigenvalue weighted by molar-refractivity contribution is 0.0785. The molecule has 1 unspecified atom stereocenters. The zero-order valence-electron chi connectivity index (χ0n) is 10.8. The van der Waals surface area contributed by atoms with Crippen LogP contribution in [0, 0.1) is 11.8 Å². The predicted octanol–water partition coefficient (Wildman–Crippen LogP) is 3.15. The molecule has 0 aliphatic carbocycles. The number of hydrogen-bond donors (Lipinski definition) is 1. The molecule has 4 heteroatoms. The molecule has 2 rings (SSSR count). The van der Waals surface area contributed by atoms with E-state index in [-0.39, 0.29) is 5.91 Å². The van der Waals surface area contributed by atoms with Crippen molar-refractivity contribution >= 4 is 27.5 Å². The molecule has 1 heterocycles. The quantitative estimate of drug-likeness (QED) is 0.853. The van der Waals surface area contributed by atoms with Gasteiger partial charge in [-0.15, -0.1) is 0 Å². The van der Waals surface area contributed by atoms with Gasteiger partial charge in [0.1, 0.15) is 0 Å². The highest BCUT2D eigenvalue weighted by atomic mass is 79.9. The highest BCUT2D eigenvalue weighted by Crippen LogP contribution is 2.27. The van der Waals surface area contributed by atoms with Crippen molar-refractivity contribution < 1.29 is 4.79 Å². The minimum Gasteiger partial charge on any atom is -0.398 e. The molecule has 18 heavy (non-hydrogen) atoms. The maximum atomic E-state index is 12.4. The van der Waals surface area contributed by atoms with E-state index in [9.17, 15) is 4.79 Å². The largest absolute Gasteiger partial charge is 0.398 e. The van der Waals surface area contributed by atoms with Crippen LogP contribution >= 0.6 is 15.9 Å². The fourth-order valence-electron chi connectivity index (χ4n) is 2.41. The van der Waals surface area contributed by atoms with Crippen LogP contribution in [0.4, 0.5) is 5.69 Å². The van der Waals surface area contributed by atoms with Gasteiger partial charge in [-0.2, -0.15) is 0 Å². The molecule has 1 saturated heterocycles. The van der Waals surface area contributed by atoms with Gasteiger partial charge in [-0.05, 0) is 36.5 Å². The number of anilines is 1. The van der Waals surface area contributed by atoms with E-state index in [2.05, 4.69) is 29.8 Å². The van der Waals surface area contributed by atoms with Crippen molar-refractivity contribution in [3.05, 3.63) is 28.2 Å². The first kappa shape index (κ1) is 13.4. The van der Waals surface area contributed by atoms with Crippen LogP contribution in [0.5, 0.6) is 0 Å². The van der Waals surface area contributed by atoms with Crippen LogP contribution in [0.2, 0.25) is 0 Å². The van der Waals surface area contributed by atoms with Gasteiger partial charge in [-0.1, -0.05) is 29.8 Å². The molecule has 0 saturated carbocycles. The number of likely N-dealkylation sites (tertiary alicyclic amines) is 1. The van der Waals surface area contributed by atoms with Crippen molar-refractivity contribution in [1.82, 2.24) is 4.90 Å². The first-order chi connectivity index (χ1) is 8.49. The van der Waals surface area contributed by atoms with Crippen LogP contribution < -0.4 is 5.73 Å². The standard InChI is InChI=1S/C14H19BrN2O/c1-9(2)10-5-6-17(8-10)14(18)12-4-3-11(15)7-13(12)16/h3-4,7,9-10H,5-6,8,16H2,1-2H3. The van der Waals surface area contributed by atoms with Gasteiger partial charge in [0.05, 0.1) is 5.56 Å². The Kier molecular flexibility index (Phi) is 3.95. The first-order valence-corrected chi connectivity index (χ1v) is 7.12. The number of halogens is 1. The summed E-state index contributed by atoms with van der Waals surface area (Å²) in [4.78, 5) is 14.3. The molecule has 1 aromatic carbocycles. The monoisotopic (exact) mass is 310 g/mol. The Morgan fingerprint density at radius 2 is 2.22 bits per heavy atom. The summed E-state index contributed by atoms with van der Waals surface area (Å²) in [5.74, 6) is 1.30. The van der Waals surface area contributed by atoms with Crippen LogP contribution in [0.25, 0.3) is 0 Å². The molecule has 1 aliphatic rings. The Labute approximate surface area is 116 Å². The number of nitrogens with zero attached hydrogens (tertiary/aromatic N) is 1. The van der Waals surface area contributed by atoms with Crippen LogP contribution in [-0.2, 0) is 0 Å². The van der Waals surface area contributed by atoms with Crippen molar-refractivity contribution in [3.8, 4) is 0 Å². The second kappa shape index (κ2) is 5.31. The van der Waals surface area contributed by atoms with E-state index < -0.39 is 0 Å². The highest BCUT2D eigenvalue weighted by Gasteiger charge is 2.29. The summed E-state index contributed by atoms with van der Waals surface area (Å²) in [5, 5.41) is 0. The highest BCUT2D eigenvalue weighted by molar-refractivity contribution is 9.10. The second-order valence-corrected chi connectivity index (χ2v) is 6.19. The lowest BCUT2D eigenvalue weighted by Gasteiger charge is -2.19. The molecule has 98 valence electrons. The van der Waals surface area contributed by atoms with Gasteiger partial charge in [0.2, 0.25) is 0 Å². The molecule has 1 aliphatic heterocycles. The lowest BCUT2D eigenvalue weighted by atomic mass is 9.95. The number of amides is 1. The van der Waals surface area contributed by atoms with E-state index in [0.717, 1.165) is 24.0 Å². The number of benzene rings is 1. The fraction of sp³-hybridized carbons (Fsp3) is 0.500. The lowest BCUT2D eigenvalue weighted by Crippen LogP contribution is -2.29. The molecule has 0 radical (unpaired) electrons. The number of rotatable bonds is 2. The van der Waals surface area contributed by atoms with Crippen LogP contribution in [0.1, 0.15) is 30.6 Å². The third-order valence-corrected chi connectivity index (χ3v) is 4.19. The third-order valence-electron chi connectivity index (χ3n) is 3.70. The van der Waals surface area contributed by atoms with Gasteiger partial charge in [-0.3, -0.25) is 4.79 Å². The van der Waals surface area contributed by atoms with Crippen molar-refractivity contribution in [1.29, 1.82) is 0 Å². The van der Waals surface area contributed by atoms with E-state index in [0.29, 0.717) is 23.1 Å². The Balaban J connectivity index is 2.13. The van der Waals surface area contributed by atoms with Gasteiger partial charge in [0.15, 0.2) is 0 Å². The second-order valence-electron chi connectivity index (χ2n) is 5.28. The minimum atomic E-state index is 0.0585. The maximum absolute atomic E-state index is 12.4. The van der Waals surface area contributed by atoms with Crippen LogP contribution in [0.3, 0.4) is 0 Å². The summed E-state index contributed by atoms with van der Waals surface area (Å²) in [7, 11) is 0. The maximum Gasteiger partial charge on any atom is 0.255 e. The van der Waals surface area contributed by atoms with E-state index in [1.807, 2.05) is 11.0 Å². The number of carbonyl (C=O) groups excluding carboxylic acids is 1. The molecule has 1 fully saturated rings. The molecule has 1 aromatic rings. The summed E-state index contributed by atoms with van der Waals surface area (Å²) in [6.45, 7) is 6.13. The Morgan fingerprint density at radius 1 is 1.50 bits per heavy atom. The number of nitrogen functional groups attached to an aromatic ring is 1. The molecular formula is C14H19BrN2O. The number of hydrogen-bond acceptors (Lipinski definition) is 2. The molecule has 0 aromatic heterocycles. The molecule has 1 atom stereocenters. The number of nitrogens with two attached hydrogens (primary N) is 1. The van der Waals surface area contributed by atoms with Gasteiger partial charge < -0.3 is 10.6 Å². The third kappa shape index (κ3) is 2.69. The molecule has 2 N–H and O–H groups in total. The summed E-state index contributed by atoms with van der Waals surface area (Å²) < 4.78 is 0.901. The topological polar surface area (TPSA) is 46.3 Å². The van der Waals surface area contributed by atoms with Gasteiger partial charge in [-0.25, -0.2) is 0 Å². The number of carbonyl (C=O) groups is 1. The van der Waals surface area contributed by atoms with Crippen molar-refractivity contribution in [2.24, 2.45) is 11.8 Å². The fourth-order valence-corrected chi connectivity index (χ4v) is 2.79.